The summed E-state index contributed by atoms with van der Waals surface area (Å²) in [4.78, 5) is 0. The number of aliphatic hydroxyl groups is 1. The zero-order valence-electron chi connectivity index (χ0n) is 10.6. The highest BCUT2D eigenvalue weighted by atomic mass is 16.3. The average molecular weight is 245 g/mol. The average Bonchev–Trinajstić information content (AvgIpc) is 2.87. The first-order valence-corrected chi connectivity index (χ1v) is 6.28. The SMILES string of the molecule is CCc1ccc(CNCc2cccc(CO)c2)o1. The van der Waals surface area contributed by atoms with Gasteiger partial charge >= 0.3 is 0 Å². The first-order valence-electron chi connectivity index (χ1n) is 6.28. The van der Waals surface area contributed by atoms with E-state index in [1.807, 2.05) is 36.4 Å². The number of aliphatic hydroxyl groups excluding tert-OH is 1. The van der Waals surface area contributed by atoms with E-state index in [9.17, 15) is 0 Å². The quantitative estimate of drug-likeness (QED) is 0.822. The molecule has 0 fully saturated rings. The third kappa shape index (κ3) is 3.45. The Morgan fingerprint density at radius 3 is 2.56 bits per heavy atom. The van der Waals surface area contributed by atoms with Gasteiger partial charge in [0.25, 0.3) is 0 Å². The normalized spacial score (nSPS) is 10.8. The van der Waals surface area contributed by atoms with Crippen LogP contribution >= 0.6 is 0 Å². The maximum absolute atomic E-state index is 9.06. The van der Waals surface area contributed by atoms with E-state index < -0.39 is 0 Å². The van der Waals surface area contributed by atoms with Crippen LogP contribution in [0.15, 0.2) is 40.8 Å². The number of hydrogen-bond donors (Lipinski definition) is 2. The molecule has 0 spiro atoms. The molecule has 0 amide bonds. The highest BCUT2D eigenvalue weighted by Gasteiger charge is 2.00. The van der Waals surface area contributed by atoms with E-state index in [1.165, 1.54) is 5.56 Å². The van der Waals surface area contributed by atoms with Crippen molar-refractivity contribution in [3.8, 4) is 0 Å². The maximum Gasteiger partial charge on any atom is 0.117 e. The van der Waals surface area contributed by atoms with Crippen LogP contribution in [0.25, 0.3) is 0 Å². The third-order valence-electron chi connectivity index (χ3n) is 2.87. The number of benzene rings is 1. The summed E-state index contributed by atoms with van der Waals surface area (Å²) in [6.07, 6.45) is 0.929. The second-order valence-electron chi connectivity index (χ2n) is 4.30. The molecule has 2 N–H and O–H groups in total. The lowest BCUT2D eigenvalue weighted by atomic mass is 10.1. The van der Waals surface area contributed by atoms with Crippen LogP contribution in [0.3, 0.4) is 0 Å². The molecule has 0 saturated carbocycles. The molecule has 2 aromatic rings. The third-order valence-corrected chi connectivity index (χ3v) is 2.87. The molecule has 0 bridgehead atoms. The van der Waals surface area contributed by atoms with Crippen molar-refractivity contribution in [3.63, 3.8) is 0 Å². The summed E-state index contributed by atoms with van der Waals surface area (Å²) in [7, 11) is 0. The van der Waals surface area contributed by atoms with E-state index in [4.69, 9.17) is 9.52 Å². The Bertz CT molecular complexity index is 491. The van der Waals surface area contributed by atoms with Crippen LogP contribution in [0.4, 0.5) is 0 Å². The summed E-state index contributed by atoms with van der Waals surface area (Å²) in [5, 5.41) is 12.4. The van der Waals surface area contributed by atoms with Crippen LogP contribution in [0, 0.1) is 0 Å². The summed E-state index contributed by atoms with van der Waals surface area (Å²) in [6, 6.07) is 12.0. The van der Waals surface area contributed by atoms with Gasteiger partial charge in [0.05, 0.1) is 13.2 Å². The van der Waals surface area contributed by atoms with Gasteiger partial charge in [0, 0.05) is 13.0 Å². The molecule has 1 heterocycles. The van der Waals surface area contributed by atoms with E-state index in [0.717, 1.165) is 36.6 Å². The molecular formula is C15H19NO2. The van der Waals surface area contributed by atoms with Gasteiger partial charge in [-0.05, 0) is 23.3 Å². The molecule has 2 rings (SSSR count). The molecule has 0 radical (unpaired) electrons. The number of furan rings is 1. The van der Waals surface area contributed by atoms with E-state index in [-0.39, 0.29) is 6.61 Å². The predicted octanol–water partition coefficient (Wildman–Crippen LogP) is 2.62. The first-order chi connectivity index (χ1) is 8.81. The number of nitrogens with one attached hydrogen (secondary N) is 1. The molecule has 1 aromatic carbocycles. The molecule has 0 atom stereocenters. The molecule has 0 aliphatic rings. The van der Waals surface area contributed by atoms with Gasteiger partial charge in [-0.2, -0.15) is 0 Å². The molecular weight excluding hydrogens is 226 g/mol. The monoisotopic (exact) mass is 245 g/mol. The topological polar surface area (TPSA) is 45.4 Å². The molecule has 18 heavy (non-hydrogen) atoms. The second kappa shape index (κ2) is 6.38. The van der Waals surface area contributed by atoms with E-state index in [0.29, 0.717) is 0 Å². The Balaban J connectivity index is 1.84. The lowest BCUT2D eigenvalue weighted by Gasteiger charge is -2.04. The lowest BCUT2D eigenvalue weighted by Crippen LogP contribution is -2.12. The van der Waals surface area contributed by atoms with Crippen molar-refractivity contribution in [2.24, 2.45) is 0 Å². The summed E-state index contributed by atoms with van der Waals surface area (Å²) < 4.78 is 5.61. The highest BCUT2D eigenvalue weighted by molar-refractivity contribution is 5.22. The second-order valence-corrected chi connectivity index (χ2v) is 4.30. The van der Waals surface area contributed by atoms with Gasteiger partial charge in [0.2, 0.25) is 0 Å². The molecule has 0 aliphatic heterocycles. The summed E-state index contributed by atoms with van der Waals surface area (Å²) in [6.45, 7) is 3.67. The van der Waals surface area contributed by atoms with Crippen molar-refractivity contribution >= 4 is 0 Å². The van der Waals surface area contributed by atoms with E-state index in [2.05, 4.69) is 12.2 Å². The predicted molar refractivity (Wildman–Crippen MR) is 71.0 cm³/mol. The van der Waals surface area contributed by atoms with Crippen LogP contribution in [-0.2, 0) is 26.1 Å². The zero-order chi connectivity index (χ0) is 12.8. The number of aryl methyl sites for hydroxylation is 1. The molecule has 1 aromatic heterocycles. The minimum Gasteiger partial charge on any atom is -0.465 e. The summed E-state index contributed by atoms with van der Waals surface area (Å²) in [5.41, 5.74) is 2.12. The minimum absolute atomic E-state index is 0.0892. The van der Waals surface area contributed by atoms with Crippen LogP contribution in [-0.4, -0.2) is 5.11 Å². The smallest absolute Gasteiger partial charge is 0.117 e. The van der Waals surface area contributed by atoms with Gasteiger partial charge in [-0.3, -0.25) is 0 Å². The van der Waals surface area contributed by atoms with Crippen LogP contribution < -0.4 is 5.32 Å². The first kappa shape index (κ1) is 12.9. The van der Waals surface area contributed by atoms with Crippen molar-refractivity contribution in [3.05, 3.63) is 59.0 Å². The Labute approximate surface area is 107 Å². The van der Waals surface area contributed by atoms with Gasteiger partial charge in [-0.15, -0.1) is 0 Å². The molecule has 0 saturated heterocycles. The minimum atomic E-state index is 0.0892. The molecule has 0 unspecified atom stereocenters. The maximum atomic E-state index is 9.06. The zero-order valence-corrected chi connectivity index (χ0v) is 10.6. The van der Waals surface area contributed by atoms with Crippen molar-refractivity contribution in [1.29, 1.82) is 0 Å². The number of hydrogen-bond acceptors (Lipinski definition) is 3. The van der Waals surface area contributed by atoms with Crippen LogP contribution in [0.2, 0.25) is 0 Å². The Hall–Kier alpha value is -1.58. The fraction of sp³-hybridized carbons (Fsp3) is 0.333. The van der Waals surface area contributed by atoms with E-state index in [1.54, 1.807) is 0 Å². The van der Waals surface area contributed by atoms with Crippen molar-refractivity contribution in [1.82, 2.24) is 5.32 Å². The molecule has 3 heteroatoms. The van der Waals surface area contributed by atoms with Crippen molar-refractivity contribution in [2.75, 3.05) is 0 Å². The Morgan fingerprint density at radius 2 is 1.83 bits per heavy atom. The highest BCUT2D eigenvalue weighted by Crippen LogP contribution is 2.09. The van der Waals surface area contributed by atoms with Crippen molar-refractivity contribution in [2.45, 2.75) is 33.0 Å². The fourth-order valence-electron chi connectivity index (χ4n) is 1.88. The molecule has 3 nitrogen and oxygen atoms in total. The summed E-state index contributed by atoms with van der Waals surface area (Å²) >= 11 is 0. The van der Waals surface area contributed by atoms with Gasteiger partial charge in [-0.25, -0.2) is 0 Å². The van der Waals surface area contributed by atoms with Crippen LogP contribution in [0.5, 0.6) is 0 Å². The molecule has 0 aliphatic carbocycles. The van der Waals surface area contributed by atoms with Gasteiger partial charge in [0.1, 0.15) is 11.5 Å². The van der Waals surface area contributed by atoms with Gasteiger partial charge in [0.15, 0.2) is 0 Å². The van der Waals surface area contributed by atoms with E-state index >= 15 is 0 Å². The van der Waals surface area contributed by atoms with Crippen LogP contribution in [0.1, 0.15) is 29.6 Å². The standard InChI is InChI=1S/C15H19NO2/c1-2-14-6-7-15(18-14)10-16-9-12-4-3-5-13(8-12)11-17/h3-8,16-17H,2,9-11H2,1H3. The lowest BCUT2D eigenvalue weighted by molar-refractivity contribution is 0.281. The fourth-order valence-corrected chi connectivity index (χ4v) is 1.88. The van der Waals surface area contributed by atoms with Gasteiger partial charge < -0.3 is 14.8 Å². The largest absolute Gasteiger partial charge is 0.465 e. The van der Waals surface area contributed by atoms with Gasteiger partial charge in [-0.1, -0.05) is 31.2 Å². The number of rotatable bonds is 6. The molecule has 96 valence electrons. The van der Waals surface area contributed by atoms with Crippen molar-refractivity contribution < 1.29 is 9.52 Å². The summed E-state index contributed by atoms with van der Waals surface area (Å²) in [5.74, 6) is 1.99. The Morgan fingerprint density at radius 1 is 1.06 bits per heavy atom. The Kier molecular flexibility index (Phi) is 4.56.